The lowest BCUT2D eigenvalue weighted by molar-refractivity contribution is 0.298. The fraction of sp³-hybridized carbons (Fsp3) is 0.429. The highest BCUT2D eigenvalue weighted by atomic mass is 15.2. The largest absolute Gasteiger partial charge is 0.353 e. The van der Waals surface area contributed by atoms with E-state index in [1.54, 1.807) is 6.20 Å². The standard InChI is InChI=1S/C14H16N6/c1-11-2-4-19(9-13(11)20-5-3-16-10-20)14-8-17-12(6-15)7-18-14/h3,5,7-8,10-11,13H,2,4,9H2,1H3. The summed E-state index contributed by atoms with van der Waals surface area (Å²) in [4.78, 5) is 14.8. The zero-order valence-corrected chi connectivity index (χ0v) is 11.3. The highest BCUT2D eigenvalue weighted by Gasteiger charge is 2.28. The van der Waals surface area contributed by atoms with Crippen molar-refractivity contribution < 1.29 is 0 Å². The number of nitriles is 1. The van der Waals surface area contributed by atoms with Crippen LogP contribution in [0.3, 0.4) is 0 Å². The van der Waals surface area contributed by atoms with Gasteiger partial charge in [-0.1, -0.05) is 6.92 Å². The summed E-state index contributed by atoms with van der Waals surface area (Å²) in [6, 6.07) is 2.38. The molecule has 2 aromatic heterocycles. The Bertz CT molecular complexity index is 598. The van der Waals surface area contributed by atoms with Gasteiger partial charge < -0.3 is 9.47 Å². The lowest BCUT2D eigenvalue weighted by atomic mass is 9.93. The fourth-order valence-electron chi connectivity index (χ4n) is 2.65. The van der Waals surface area contributed by atoms with Gasteiger partial charge in [0.2, 0.25) is 0 Å². The summed E-state index contributed by atoms with van der Waals surface area (Å²) in [7, 11) is 0. The van der Waals surface area contributed by atoms with Gasteiger partial charge in [-0.2, -0.15) is 5.26 Å². The maximum absolute atomic E-state index is 8.76. The van der Waals surface area contributed by atoms with Gasteiger partial charge in [-0.3, -0.25) is 0 Å². The van der Waals surface area contributed by atoms with E-state index in [0.29, 0.717) is 17.7 Å². The van der Waals surface area contributed by atoms with E-state index in [9.17, 15) is 0 Å². The van der Waals surface area contributed by atoms with Gasteiger partial charge in [0.1, 0.15) is 11.9 Å². The minimum absolute atomic E-state index is 0.352. The van der Waals surface area contributed by atoms with Crippen LogP contribution in [0.15, 0.2) is 31.1 Å². The SMILES string of the molecule is CC1CCN(c2cnc(C#N)cn2)CC1n1ccnc1. The Balaban J connectivity index is 1.79. The summed E-state index contributed by atoms with van der Waals surface area (Å²) >= 11 is 0. The third-order valence-electron chi connectivity index (χ3n) is 3.90. The average Bonchev–Trinajstić information content (AvgIpc) is 3.02. The van der Waals surface area contributed by atoms with Crippen LogP contribution in [0.25, 0.3) is 0 Å². The smallest absolute Gasteiger partial charge is 0.158 e. The van der Waals surface area contributed by atoms with Crippen molar-refractivity contribution in [3.63, 3.8) is 0 Å². The Hall–Kier alpha value is -2.42. The van der Waals surface area contributed by atoms with Crippen LogP contribution in [0.5, 0.6) is 0 Å². The van der Waals surface area contributed by atoms with Crippen LogP contribution in [-0.4, -0.2) is 32.6 Å². The van der Waals surface area contributed by atoms with Crippen LogP contribution >= 0.6 is 0 Å². The molecule has 1 fully saturated rings. The van der Waals surface area contributed by atoms with Gasteiger partial charge in [0.15, 0.2) is 5.69 Å². The number of hydrogen-bond donors (Lipinski definition) is 0. The number of aromatic nitrogens is 4. The van der Waals surface area contributed by atoms with Crippen molar-refractivity contribution in [2.75, 3.05) is 18.0 Å². The van der Waals surface area contributed by atoms with Gasteiger partial charge in [0.25, 0.3) is 0 Å². The summed E-state index contributed by atoms with van der Waals surface area (Å²) < 4.78 is 2.16. The molecule has 1 aliphatic rings. The molecule has 0 N–H and O–H groups in total. The molecule has 102 valence electrons. The Morgan fingerprint density at radius 3 is 2.90 bits per heavy atom. The molecular formula is C14H16N6. The molecule has 0 amide bonds. The predicted molar refractivity (Wildman–Crippen MR) is 74.0 cm³/mol. The minimum Gasteiger partial charge on any atom is -0.353 e. The quantitative estimate of drug-likeness (QED) is 0.828. The number of imidazole rings is 1. The van der Waals surface area contributed by atoms with Crippen LogP contribution in [0.2, 0.25) is 0 Å². The Kier molecular flexibility index (Phi) is 3.33. The molecule has 6 nitrogen and oxygen atoms in total. The maximum atomic E-state index is 8.76. The first-order valence-electron chi connectivity index (χ1n) is 6.72. The van der Waals surface area contributed by atoms with Crippen LogP contribution < -0.4 is 4.90 Å². The maximum Gasteiger partial charge on any atom is 0.158 e. The van der Waals surface area contributed by atoms with Crippen molar-refractivity contribution in [1.82, 2.24) is 19.5 Å². The molecule has 3 rings (SSSR count). The van der Waals surface area contributed by atoms with Gasteiger partial charge in [0.05, 0.1) is 24.8 Å². The van der Waals surface area contributed by atoms with Crippen molar-refractivity contribution in [2.24, 2.45) is 5.92 Å². The summed E-state index contributed by atoms with van der Waals surface area (Å²) in [5.41, 5.74) is 0.352. The number of nitrogens with zero attached hydrogens (tertiary/aromatic N) is 6. The summed E-state index contributed by atoms with van der Waals surface area (Å²) in [5, 5.41) is 8.76. The van der Waals surface area contributed by atoms with E-state index in [2.05, 4.69) is 31.3 Å². The first kappa shape index (κ1) is 12.6. The van der Waals surface area contributed by atoms with Crippen LogP contribution in [0, 0.1) is 17.2 Å². The van der Waals surface area contributed by atoms with Crippen LogP contribution in [-0.2, 0) is 0 Å². The van der Waals surface area contributed by atoms with Crippen LogP contribution in [0.4, 0.5) is 5.82 Å². The molecule has 6 heteroatoms. The number of anilines is 1. The van der Waals surface area contributed by atoms with Gasteiger partial charge >= 0.3 is 0 Å². The summed E-state index contributed by atoms with van der Waals surface area (Å²) in [5.74, 6) is 1.44. The Morgan fingerprint density at radius 1 is 1.35 bits per heavy atom. The normalized spacial score (nSPS) is 22.5. The van der Waals surface area contributed by atoms with E-state index in [1.807, 2.05) is 24.8 Å². The molecule has 0 aromatic carbocycles. The van der Waals surface area contributed by atoms with Crippen molar-refractivity contribution in [3.05, 3.63) is 36.8 Å². The molecule has 0 spiro atoms. The first-order valence-corrected chi connectivity index (χ1v) is 6.72. The van der Waals surface area contributed by atoms with Gasteiger partial charge in [-0.05, 0) is 12.3 Å². The number of hydrogen-bond acceptors (Lipinski definition) is 5. The molecule has 0 saturated carbocycles. The van der Waals surface area contributed by atoms with Gasteiger partial charge in [-0.15, -0.1) is 0 Å². The van der Waals surface area contributed by atoms with E-state index < -0.39 is 0 Å². The molecular weight excluding hydrogens is 252 g/mol. The van der Waals surface area contributed by atoms with Gasteiger partial charge in [0, 0.05) is 25.5 Å². The zero-order chi connectivity index (χ0) is 13.9. The van der Waals surface area contributed by atoms with E-state index in [4.69, 9.17) is 5.26 Å². The minimum atomic E-state index is 0.352. The van der Waals surface area contributed by atoms with Crippen molar-refractivity contribution in [3.8, 4) is 6.07 Å². The van der Waals surface area contributed by atoms with Crippen molar-refractivity contribution in [2.45, 2.75) is 19.4 Å². The molecule has 2 unspecified atom stereocenters. The third kappa shape index (κ3) is 2.35. The number of piperidine rings is 1. The lowest BCUT2D eigenvalue weighted by Crippen LogP contribution is -2.41. The molecule has 0 aliphatic carbocycles. The molecule has 1 saturated heterocycles. The lowest BCUT2D eigenvalue weighted by Gasteiger charge is -2.38. The van der Waals surface area contributed by atoms with E-state index in [-0.39, 0.29) is 0 Å². The molecule has 2 aromatic rings. The second kappa shape index (κ2) is 5.29. The molecule has 20 heavy (non-hydrogen) atoms. The van der Waals surface area contributed by atoms with Gasteiger partial charge in [-0.25, -0.2) is 15.0 Å². The Labute approximate surface area is 117 Å². The molecule has 0 bridgehead atoms. The summed E-state index contributed by atoms with van der Waals surface area (Å²) in [6.45, 7) is 4.12. The van der Waals surface area contributed by atoms with E-state index in [1.165, 1.54) is 6.20 Å². The molecule has 0 radical (unpaired) electrons. The van der Waals surface area contributed by atoms with Crippen LogP contribution in [0.1, 0.15) is 25.1 Å². The zero-order valence-electron chi connectivity index (χ0n) is 11.3. The highest BCUT2D eigenvalue weighted by Crippen LogP contribution is 2.29. The molecule has 1 aliphatic heterocycles. The Morgan fingerprint density at radius 2 is 2.25 bits per heavy atom. The predicted octanol–water partition coefficient (Wildman–Crippen LogP) is 1.63. The highest BCUT2D eigenvalue weighted by molar-refractivity contribution is 5.38. The number of rotatable bonds is 2. The molecule has 3 heterocycles. The average molecular weight is 268 g/mol. The van der Waals surface area contributed by atoms with E-state index in [0.717, 1.165) is 25.3 Å². The molecule has 2 atom stereocenters. The fourth-order valence-corrected chi connectivity index (χ4v) is 2.65. The van der Waals surface area contributed by atoms with Crippen molar-refractivity contribution >= 4 is 5.82 Å². The topological polar surface area (TPSA) is 70.6 Å². The van der Waals surface area contributed by atoms with Crippen molar-refractivity contribution in [1.29, 1.82) is 5.26 Å². The van der Waals surface area contributed by atoms with E-state index >= 15 is 0 Å². The first-order chi connectivity index (χ1) is 9.78. The summed E-state index contributed by atoms with van der Waals surface area (Å²) in [6.07, 6.45) is 10.0. The second-order valence-electron chi connectivity index (χ2n) is 5.16. The third-order valence-corrected chi connectivity index (χ3v) is 3.90. The second-order valence-corrected chi connectivity index (χ2v) is 5.16. The monoisotopic (exact) mass is 268 g/mol.